The van der Waals surface area contributed by atoms with Gasteiger partial charge in [0, 0.05) is 5.54 Å². The average molecular weight is 222 g/mol. The van der Waals surface area contributed by atoms with Crippen molar-refractivity contribution in [3.8, 4) is 11.8 Å². The van der Waals surface area contributed by atoms with Crippen LogP contribution >= 0.6 is 0 Å². The third-order valence-corrected chi connectivity index (χ3v) is 2.09. The first-order valence-corrected chi connectivity index (χ1v) is 4.93. The molecule has 0 atom stereocenters. The molecule has 0 spiro atoms. The van der Waals surface area contributed by atoms with Gasteiger partial charge in [-0.05, 0) is 38.0 Å². The van der Waals surface area contributed by atoms with Gasteiger partial charge < -0.3 is 10.5 Å². The monoisotopic (exact) mass is 222 g/mol. The summed E-state index contributed by atoms with van der Waals surface area (Å²) in [7, 11) is 1.34. The molecule has 0 heterocycles. The number of nitrogens with two attached hydrogens (primary N) is 1. The second-order valence-corrected chi connectivity index (χ2v) is 4.44. The Morgan fingerprint density at radius 3 is 2.56 bits per heavy atom. The Kier molecular flexibility index (Phi) is 3.51. The van der Waals surface area contributed by atoms with Gasteiger partial charge >= 0.3 is 0 Å². The maximum atomic E-state index is 13.6. The van der Waals surface area contributed by atoms with E-state index in [9.17, 15) is 4.39 Å². The maximum Gasteiger partial charge on any atom is 0.172 e. The molecule has 0 radical (unpaired) electrons. The van der Waals surface area contributed by atoms with Gasteiger partial charge in [-0.25, -0.2) is 4.39 Å². The summed E-state index contributed by atoms with van der Waals surface area (Å²) in [6.07, 6.45) is 0.503. The quantitative estimate of drug-likeness (QED) is 0.850. The zero-order chi connectivity index (χ0) is 12.3. The lowest BCUT2D eigenvalue weighted by Gasteiger charge is -2.19. The zero-order valence-electron chi connectivity index (χ0n) is 9.67. The molecule has 1 aromatic rings. The van der Waals surface area contributed by atoms with Crippen LogP contribution in [0.2, 0.25) is 0 Å². The minimum atomic E-state index is -0.527. The molecule has 0 fully saturated rings. The molecule has 0 saturated heterocycles. The number of nitrogens with zero attached hydrogens (tertiary/aromatic N) is 1. The van der Waals surface area contributed by atoms with E-state index in [1.54, 1.807) is 6.07 Å². The second kappa shape index (κ2) is 4.50. The van der Waals surface area contributed by atoms with Crippen molar-refractivity contribution in [3.05, 3.63) is 29.1 Å². The van der Waals surface area contributed by atoms with E-state index in [0.29, 0.717) is 12.0 Å². The van der Waals surface area contributed by atoms with Gasteiger partial charge in [-0.1, -0.05) is 0 Å². The highest BCUT2D eigenvalue weighted by Crippen LogP contribution is 2.25. The molecule has 86 valence electrons. The number of ether oxygens (including phenoxy) is 1. The number of benzene rings is 1. The molecule has 2 N–H and O–H groups in total. The van der Waals surface area contributed by atoms with Gasteiger partial charge in [-0.15, -0.1) is 0 Å². The predicted octanol–water partition coefficient (Wildman–Crippen LogP) is 1.99. The summed E-state index contributed by atoms with van der Waals surface area (Å²) in [5.41, 5.74) is 6.30. The maximum absolute atomic E-state index is 13.6. The van der Waals surface area contributed by atoms with Crippen molar-refractivity contribution >= 4 is 0 Å². The lowest BCUT2D eigenvalue weighted by Crippen LogP contribution is -2.34. The number of hydrogen-bond acceptors (Lipinski definition) is 3. The van der Waals surface area contributed by atoms with Crippen LogP contribution in [0, 0.1) is 17.1 Å². The molecule has 3 nitrogen and oxygen atoms in total. The molecule has 0 aromatic heterocycles. The standard InChI is InChI=1S/C12H15FN2O/c1-12(2,15)6-8-4-9(7-14)11(16-3)10(13)5-8/h4-5H,6,15H2,1-3H3. The lowest BCUT2D eigenvalue weighted by atomic mass is 9.95. The minimum Gasteiger partial charge on any atom is -0.492 e. The van der Waals surface area contributed by atoms with Crippen molar-refractivity contribution in [3.63, 3.8) is 0 Å². The molecule has 1 aromatic carbocycles. The second-order valence-electron chi connectivity index (χ2n) is 4.44. The summed E-state index contributed by atoms with van der Waals surface area (Å²) in [5, 5.41) is 8.87. The number of halogens is 1. The topological polar surface area (TPSA) is 59.0 Å². The van der Waals surface area contributed by atoms with Crippen molar-refractivity contribution in [1.29, 1.82) is 5.26 Å². The van der Waals surface area contributed by atoms with Gasteiger partial charge in [0.1, 0.15) is 6.07 Å². The summed E-state index contributed by atoms with van der Waals surface area (Å²) < 4.78 is 18.4. The molecule has 0 amide bonds. The molecule has 4 heteroatoms. The van der Waals surface area contributed by atoms with Crippen molar-refractivity contribution in [2.75, 3.05) is 7.11 Å². The van der Waals surface area contributed by atoms with E-state index in [4.69, 9.17) is 15.7 Å². The van der Waals surface area contributed by atoms with Crippen LogP contribution in [0.5, 0.6) is 5.75 Å². The zero-order valence-corrected chi connectivity index (χ0v) is 9.67. The van der Waals surface area contributed by atoms with Crippen molar-refractivity contribution in [2.45, 2.75) is 25.8 Å². The molecule has 0 aliphatic carbocycles. The third kappa shape index (κ3) is 2.94. The largest absolute Gasteiger partial charge is 0.492 e. The Bertz CT molecular complexity index is 430. The molecular formula is C12H15FN2O. The van der Waals surface area contributed by atoms with Crippen molar-refractivity contribution in [1.82, 2.24) is 0 Å². The fourth-order valence-electron chi connectivity index (χ4n) is 1.57. The highest BCUT2D eigenvalue weighted by molar-refractivity contribution is 5.46. The predicted molar refractivity (Wildman–Crippen MR) is 59.6 cm³/mol. The minimum absolute atomic E-state index is 0.0129. The van der Waals surface area contributed by atoms with Crippen LogP contribution in [0.4, 0.5) is 4.39 Å². The Labute approximate surface area is 94.6 Å². The van der Waals surface area contributed by atoms with Crippen LogP contribution in [0.25, 0.3) is 0 Å². The molecule has 0 saturated carbocycles. The van der Waals surface area contributed by atoms with E-state index >= 15 is 0 Å². The van der Waals surface area contributed by atoms with E-state index in [-0.39, 0.29) is 11.3 Å². The summed E-state index contributed by atoms with van der Waals surface area (Å²) >= 11 is 0. The lowest BCUT2D eigenvalue weighted by molar-refractivity contribution is 0.384. The van der Waals surface area contributed by atoms with E-state index in [0.717, 1.165) is 0 Å². The van der Waals surface area contributed by atoms with Gasteiger partial charge in [0.05, 0.1) is 12.7 Å². The van der Waals surface area contributed by atoms with E-state index in [2.05, 4.69) is 0 Å². The summed E-state index contributed by atoms with van der Waals surface area (Å²) in [6.45, 7) is 3.70. The smallest absolute Gasteiger partial charge is 0.172 e. The average Bonchev–Trinajstić information content (AvgIpc) is 2.14. The number of hydrogen-bond donors (Lipinski definition) is 1. The van der Waals surface area contributed by atoms with E-state index in [1.165, 1.54) is 13.2 Å². The first-order chi connectivity index (χ1) is 7.37. The van der Waals surface area contributed by atoms with Crippen molar-refractivity contribution < 1.29 is 9.13 Å². The highest BCUT2D eigenvalue weighted by atomic mass is 19.1. The molecule has 0 aliphatic heterocycles. The van der Waals surface area contributed by atoms with Crippen LogP contribution in [0.3, 0.4) is 0 Å². The van der Waals surface area contributed by atoms with Crippen LogP contribution in [0.15, 0.2) is 12.1 Å². The molecule has 0 bridgehead atoms. The fourth-order valence-corrected chi connectivity index (χ4v) is 1.57. The number of methoxy groups -OCH3 is 1. The molecule has 1 rings (SSSR count). The third-order valence-electron chi connectivity index (χ3n) is 2.09. The summed E-state index contributed by atoms with van der Waals surface area (Å²) in [4.78, 5) is 0. The molecule has 0 unspecified atom stereocenters. The van der Waals surface area contributed by atoms with Crippen LogP contribution in [-0.4, -0.2) is 12.6 Å². The Morgan fingerprint density at radius 2 is 2.12 bits per heavy atom. The highest BCUT2D eigenvalue weighted by Gasteiger charge is 2.16. The van der Waals surface area contributed by atoms with Gasteiger partial charge in [0.2, 0.25) is 0 Å². The SMILES string of the molecule is COc1c(F)cc(CC(C)(C)N)cc1C#N. The summed E-state index contributed by atoms with van der Waals surface area (Å²) in [5.74, 6) is -0.540. The molecule has 0 aliphatic rings. The van der Waals surface area contributed by atoms with Crippen LogP contribution < -0.4 is 10.5 Å². The Balaban J connectivity index is 3.17. The van der Waals surface area contributed by atoms with E-state index in [1.807, 2.05) is 19.9 Å². The normalized spacial score (nSPS) is 11.0. The molecular weight excluding hydrogens is 207 g/mol. The number of rotatable bonds is 3. The first-order valence-electron chi connectivity index (χ1n) is 4.93. The van der Waals surface area contributed by atoms with Crippen molar-refractivity contribution in [2.24, 2.45) is 5.73 Å². The van der Waals surface area contributed by atoms with Crippen LogP contribution in [0.1, 0.15) is 25.0 Å². The fraction of sp³-hybridized carbons (Fsp3) is 0.417. The number of nitriles is 1. The van der Waals surface area contributed by atoms with E-state index < -0.39 is 11.4 Å². The Morgan fingerprint density at radius 1 is 1.50 bits per heavy atom. The van der Waals surface area contributed by atoms with Gasteiger partial charge in [0.15, 0.2) is 11.6 Å². The van der Waals surface area contributed by atoms with Gasteiger partial charge in [-0.3, -0.25) is 0 Å². The van der Waals surface area contributed by atoms with Gasteiger partial charge in [0.25, 0.3) is 0 Å². The Hall–Kier alpha value is -1.60. The first kappa shape index (κ1) is 12.5. The van der Waals surface area contributed by atoms with Gasteiger partial charge in [-0.2, -0.15) is 5.26 Å². The van der Waals surface area contributed by atoms with Crippen LogP contribution in [-0.2, 0) is 6.42 Å². The molecule has 16 heavy (non-hydrogen) atoms. The summed E-state index contributed by atoms with van der Waals surface area (Å²) in [6, 6.07) is 4.87.